The molecule has 0 aliphatic heterocycles. The number of amides is 2. The minimum Gasteiger partial charge on any atom is -0.480 e. The van der Waals surface area contributed by atoms with E-state index in [0.29, 0.717) is 12.0 Å². The Hall–Kier alpha value is -4.71. The van der Waals surface area contributed by atoms with Gasteiger partial charge in [0, 0.05) is 17.5 Å². The number of rotatable bonds is 11. The second kappa shape index (κ2) is 12.4. The van der Waals surface area contributed by atoms with Crippen molar-refractivity contribution >= 4 is 17.8 Å². The first-order valence-corrected chi connectivity index (χ1v) is 13.3. The maximum atomic E-state index is 14.0. The van der Waals surface area contributed by atoms with Gasteiger partial charge in [0.2, 0.25) is 5.91 Å². The van der Waals surface area contributed by atoms with E-state index in [1.807, 2.05) is 86.6 Å². The number of nitrogens with two attached hydrogens (primary N) is 1. The van der Waals surface area contributed by atoms with E-state index in [2.05, 4.69) is 24.3 Å². The Morgan fingerprint density at radius 3 is 1.65 bits per heavy atom. The molecular weight excluding hydrogens is 500 g/mol. The maximum Gasteiger partial charge on any atom is 0.326 e. The molecule has 4 rings (SSSR count). The second-order valence-corrected chi connectivity index (χ2v) is 10.5. The van der Waals surface area contributed by atoms with Gasteiger partial charge < -0.3 is 15.7 Å². The van der Waals surface area contributed by atoms with Gasteiger partial charge in [-0.2, -0.15) is 0 Å². The first-order chi connectivity index (χ1) is 19.2. The summed E-state index contributed by atoms with van der Waals surface area (Å²) in [7, 11) is 0. The molecule has 0 aliphatic carbocycles. The minimum absolute atomic E-state index is 0.0690. The van der Waals surface area contributed by atoms with E-state index < -0.39 is 29.4 Å². The van der Waals surface area contributed by atoms with E-state index in [4.69, 9.17) is 5.73 Å². The van der Waals surface area contributed by atoms with Crippen LogP contribution >= 0.6 is 0 Å². The number of carbonyl (C=O) groups excluding carboxylic acids is 2. The number of carbonyl (C=O) groups is 3. The Kier molecular flexibility index (Phi) is 8.80. The van der Waals surface area contributed by atoms with Crippen LogP contribution in [-0.4, -0.2) is 39.4 Å². The van der Waals surface area contributed by atoms with Gasteiger partial charge in [-0.15, -0.1) is 0 Å². The summed E-state index contributed by atoms with van der Waals surface area (Å²) in [5, 5.41) is 10.1. The molecule has 0 aliphatic rings. The predicted octanol–water partition coefficient (Wildman–Crippen LogP) is 6.20. The Balaban J connectivity index is 1.63. The van der Waals surface area contributed by atoms with Crippen molar-refractivity contribution in [2.24, 2.45) is 5.73 Å². The third kappa shape index (κ3) is 6.83. The van der Waals surface area contributed by atoms with E-state index >= 15 is 0 Å². The Labute approximate surface area is 235 Å². The topological polar surface area (TPSA) is 101 Å². The summed E-state index contributed by atoms with van der Waals surface area (Å²) >= 11 is 0. The van der Waals surface area contributed by atoms with Gasteiger partial charge in [-0.25, -0.2) is 4.79 Å². The lowest BCUT2D eigenvalue weighted by Gasteiger charge is -2.42. The van der Waals surface area contributed by atoms with Crippen molar-refractivity contribution in [2.45, 2.75) is 44.7 Å². The fourth-order valence-corrected chi connectivity index (χ4v) is 5.09. The van der Waals surface area contributed by atoms with Crippen LogP contribution in [0, 0.1) is 0 Å². The summed E-state index contributed by atoms with van der Waals surface area (Å²) in [6.45, 7) is 3.70. The molecule has 0 fully saturated rings. The fraction of sp³-hybridized carbons (Fsp3) is 0.206. The first kappa shape index (κ1) is 28.3. The molecule has 0 heterocycles. The lowest BCUT2D eigenvalue weighted by atomic mass is 9.89. The molecule has 4 aromatic rings. The van der Waals surface area contributed by atoms with Crippen LogP contribution in [-0.2, 0) is 16.0 Å². The Morgan fingerprint density at radius 1 is 0.725 bits per heavy atom. The molecule has 2 amide bonds. The van der Waals surface area contributed by atoms with Crippen molar-refractivity contribution in [1.29, 1.82) is 0 Å². The van der Waals surface area contributed by atoms with E-state index in [1.165, 1.54) is 4.90 Å². The monoisotopic (exact) mass is 534 g/mol. The number of hydrogen-bond donors (Lipinski definition) is 2. The van der Waals surface area contributed by atoms with Crippen LogP contribution in [0.15, 0.2) is 109 Å². The lowest BCUT2D eigenvalue weighted by molar-refractivity contribution is -0.144. The van der Waals surface area contributed by atoms with Crippen LogP contribution in [0.4, 0.5) is 0 Å². The molecule has 6 nitrogen and oxygen atoms in total. The van der Waals surface area contributed by atoms with Crippen LogP contribution in [0.25, 0.3) is 22.3 Å². The van der Waals surface area contributed by atoms with Crippen molar-refractivity contribution in [1.82, 2.24) is 4.90 Å². The van der Waals surface area contributed by atoms with Gasteiger partial charge in [0.05, 0.1) is 0 Å². The van der Waals surface area contributed by atoms with Gasteiger partial charge in [0.25, 0.3) is 5.91 Å². The highest BCUT2D eigenvalue weighted by Crippen LogP contribution is 2.29. The summed E-state index contributed by atoms with van der Waals surface area (Å²) in [5.41, 5.74) is 10.0. The molecule has 204 valence electrons. The number of carboxylic acids is 1. The standard InChI is InChI=1S/C34H34N2O4/c1-34(2,23-24-9-5-3-6-10-24)36(30(33(39)40)21-22-31(35)37)32(38)29-19-17-28(18-20-29)27-15-13-26(14-16-27)25-11-7-4-8-12-25/h3-20,30H,21-23H2,1-2H3,(H2,35,37)(H,39,40)/t30-/m0/s1. The van der Waals surface area contributed by atoms with Gasteiger partial charge in [0.15, 0.2) is 0 Å². The summed E-state index contributed by atoms with van der Waals surface area (Å²) in [4.78, 5) is 39.3. The molecule has 0 bridgehead atoms. The largest absolute Gasteiger partial charge is 0.480 e. The number of carboxylic acid groups (broad SMARTS) is 1. The molecule has 0 unspecified atom stereocenters. The quantitative estimate of drug-likeness (QED) is 0.239. The number of benzene rings is 4. The first-order valence-electron chi connectivity index (χ1n) is 13.3. The maximum absolute atomic E-state index is 14.0. The third-order valence-corrected chi connectivity index (χ3v) is 7.07. The van der Waals surface area contributed by atoms with Crippen LogP contribution in [0.2, 0.25) is 0 Å². The fourth-order valence-electron chi connectivity index (χ4n) is 5.09. The Morgan fingerprint density at radius 2 is 1.18 bits per heavy atom. The molecule has 0 saturated heterocycles. The summed E-state index contributed by atoms with van der Waals surface area (Å²) in [6.07, 6.45) is 0.229. The zero-order chi connectivity index (χ0) is 28.7. The second-order valence-electron chi connectivity index (χ2n) is 10.5. The molecule has 3 N–H and O–H groups in total. The van der Waals surface area contributed by atoms with Crippen molar-refractivity contribution in [2.75, 3.05) is 0 Å². The van der Waals surface area contributed by atoms with Crippen LogP contribution in [0.1, 0.15) is 42.6 Å². The highest BCUT2D eigenvalue weighted by molar-refractivity contribution is 5.97. The Bertz CT molecular complexity index is 1450. The minimum atomic E-state index is -1.22. The molecule has 0 spiro atoms. The van der Waals surface area contributed by atoms with Gasteiger partial charge >= 0.3 is 5.97 Å². The van der Waals surface area contributed by atoms with Crippen molar-refractivity contribution in [3.05, 3.63) is 120 Å². The van der Waals surface area contributed by atoms with Crippen molar-refractivity contribution in [3.8, 4) is 22.3 Å². The number of nitrogens with zero attached hydrogens (tertiary/aromatic N) is 1. The molecule has 40 heavy (non-hydrogen) atoms. The molecular formula is C34H34N2O4. The SMILES string of the molecule is CC(C)(Cc1ccccc1)N(C(=O)c1ccc(-c2ccc(-c3ccccc3)cc2)cc1)[C@@H](CCC(N)=O)C(=O)O. The van der Waals surface area contributed by atoms with Gasteiger partial charge in [0.1, 0.15) is 6.04 Å². The lowest BCUT2D eigenvalue weighted by Crippen LogP contribution is -2.57. The molecule has 0 saturated carbocycles. The van der Waals surface area contributed by atoms with Crippen molar-refractivity contribution in [3.63, 3.8) is 0 Å². The zero-order valence-electron chi connectivity index (χ0n) is 22.8. The molecule has 0 aromatic heterocycles. The van der Waals surface area contributed by atoms with E-state index in [0.717, 1.165) is 27.8 Å². The molecule has 1 atom stereocenters. The zero-order valence-corrected chi connectivity index (χ0v) is 22.8. The van der Waals surface area contributed by atoms with Gasteiger partial charge in [-0.1, -0.05) is 97.1 Å². The van der Waals surface area contributed by atoms with E-state index in [9.17, 15) is 19.5 Å². The molecule has 4 aromatic carbocycles. The van der Waals surface area contributed by atoms with Crippen LogP contribution in [0.5, 0.6) is 0 Å². The van der Waals surface area contributed by atoms with Gasteiger partial charge in [-0.05, 0) is 66.6 Å². The van der Waals surface area contributed by atoms with E-state index in [1.54, 1.807) is 12.1 Å². The predicted molar refractivity (Wildman–Crippen MR) is 158 cm³/mol. The van der Waals surface area contributed by atoms with Crippen LogP contribution < -0.4 is 5.73 Å². The normalized spacial score (nSPS) is 11.9. The number of aliphatic carboxylic acids is 1. The number of hydrogen-bond acceptors (Lipinski definition) is 3. The smallest absolute Gasteiger partial charge is 0.326 e. The average Bonchev–Trinajstić information content (AvgIpc) is 2.95. The highest BCUT2D eigenvalue weighted by atomic mass is 16.4. The van der Waals surface area contributed by atoms with Crippen molar-refractivity contribution < 1.29 is 19.5 Å². The van der Waals surface area contributed by atoms with Crippen LogP contribution in [0.3, 0.4) is 0 Å². The summed E-state index contributed by atoms with van der Waals surface area (Å²) < 4.78 is 0. The molecule has 0 radical (unpaired) electrons. The molecule has 6 heteroatoms. The average molecular weight is 535 g/mol. The highest BCUT2D eigenvalue weighted by Gasteiger charge is 2.40. The summed E-state index contributed by atoms with van der Waals surface area (Å²) in [5.74, 6) is -2.20. The summed E-state index contributed by atoms with van der Waals surface area (Å²) in [6, 6.07) is 33.9. The third-order valence-electron chi connectivity index (χ3n) is 7.07. The van der Waals surface area contributed by atoms with Gasteiger partial charge in [-0.3, -0.25) is 9.59 Å². The number of primary amides is 1. The van der Waals surface area contributed by atoms with E-state index in [-0.39, 0.29) is 12.8 Å².